The summed E-state index contributed by atoms with van der Waals surface area (Å²) in [5.41, 5.74) is 5.12. The standard InChI is InChI=1S/C20H23N3O2S/c1-14-4-6-17(7-5-14)26(24)23-13-15(2)19-18(12-16(3)21-20(19)23)22-8-10-25-11-9-22/h4-7,12-13H,8-11H2,1-3H3. The summed E-state index contributed by atoms with van der Waals surface area (Å²) in [6.45, 7) is 9.28. The third-order valence-corrected chi connectivity index (χ3v) is 6.09. The Morgan fingerprint density at radius 1 is 1.08 bits per heavy atom. The Bertz CT molecular complexity index is 973. The maximum atomic E-state index is 13.2. The normalized spacial score (nSPS) is 16.2. The van der Waals surface area contributed by atoms with Crippen molar-refractivity contribution in [2.45, 2.75) is 25.7 Å². The van der Waals surface area contributed by atoms with Crippen molar-refractivity contribution in [3.8, 4) is 0 Å². The van der Waals surface area contributed by atoms with Crippen molar-refractivity contribution in [3.63, 3.8) is 0 Å². The molecular weight excluding hydrogens is 346 g/mol. The van der Waals surface area contributed by atoms with Crippen LogP contribution in [0, 0.1) is 20.8 Å². The molecule has 0 bridgehead atoms. The molecule has 1 unspecified atom stereocenters. The van der Waals surface area contributed by atoms with Crippen LogP contribution in [0.25, 0.3) is 11.0 Å². The minimum absolute atomic E-state index is 0.734. The predicted octanol–water partition coefficient (Wildman–Crippen LogP) is 3.37. The third-order valence-electron chi connectivity index (χ3n) is 4.77. The first-order valence-electron chi connectivity index (χ1n) is 8.85. The smallest absolute Gasteiger partial charge is 0.158 e. The van der Waals surface area contributed by atoms with Crippen LogP contribution in [0.3, 0.4) is 0 Å². The quantitative estimate of drug-likeness (QED) is 0.710. The average molecular weight is 369 g/mol. The van der Waals surface area contributed by atoms with E-state index < -0.39 is 11.0 Å². The summed E-state index contributed by atoms with van der Waals surface area (Å²) in [5, 5.41) is 1.08. The van der Waals surface area contributed by atoms with Crippen molar-refractivity contribution in [2.75, 3.05) is 31.2 Å². The van der Waals surface area contributed by atoms with Gasteiger partial charge in [0.15, 0.2) is 16.6 Å². The summed E-state index contributed by atoms with van der Waals surface area (Å²) in [4.78, 5) is 7.85. The molecule has 3 heterocycles. The van der Waals surface area contributed by atoms with Crippen LogP contribution < -0.4 is 4.90 Å². The Morgan fingerprint density at radius 2 is 1.77 bits per heavy atom. The molecule has 0 aliphatic carbocycles. The minimum atomic E-state index is -1.32. The lowest BCUT2D eigenvalue weighted by Gasteiger charge is -2.29. The largest absolute Gasteiger partial charge is 0.378 e. The Labute approximate surface area is 156 Å². The van der Waals surface area contributed by atoms with Gasteiger partial charge in [-0.25, -0.2) is 13.2 Å². The first-order valence-corrected chi connectivity index (χ1v) is 9.96. The molecule has 136 valence electrons. The molecule has 4 rings (SSSR count). The van der Waals surface area contributed by atoms with Gasteiger partial charge in [0.25, 0.3) is 0 Å². The molecule has 1 atom stereocenters. The number of anilines is 1. The second kappa shape index (κ2) is 6.85. The number of hydrogen-bond acceptors (Lipinski definition) is 4. The molecule has 1 aromatic carbocycles. The fourth-order valence-corrected chi connectivity index (χ4v) is 4.57. The lowest BCUT2D eigenvalue weighted by molar-refractivity contribution is 0.123. The highest BCUT2D eigenvalue weighted by molar-refractivity contribution is 7.83. The number of pyridine rings is 1. The van der Waals surface area contributed by atoms with Crippen LogP contribution in [0.2, 0.25) is 0 Å². The van der Waals surface area contributed by atoms with Gasteiger partial charge in [0.05, 0.1) is 23.8 Å². The molecule has 0 N–H and O–H groups in total. The minimum Gasteiger partial charge on any atom is -0.378 e. The molecule has 2 aromatic heterocycles. The van der Waals surface area contributed by atoms with E-state index in [0.717, 1.165) is 64.7 Å². The van der Waals surface area contributed by atoms with E-state index in [1.165, 1.54) is 0 Å². The van der Waals surface area contributed by atoms with Crippen LogP contribution in [0.5, 0.6) is 0 Å². The van der Waals surface area contributed by atoms with Gasteiger partial charge in [-0.05, 0) is 44.5 Å². The van der Waals surface area contributed by atoms with Crippen LogP contribution in [0.1, 0.15) is 16.8 Å². The molecule has 0 saturated carbocycles. The van der Waals surface area contributed by atoms with Crippen molar-refractivity contribution in [1.29, 1.82) is 0 Å². The van der Waals surface area contributed by atoms with E-state index in [9.17, 15) is 4.21 Å². The SMILES string of the molecule is Cc1ccc(S(=O)n2cc(C)c3c(N4CCOCC4)cc(C)nc32)cc1. The molecule has 3 aromatic rings. The van der Waals surface area contributed by atoms with Gasteiger partial charge >= 0.3 is 0 Å². The number of fused-ring (bicyclic) bond motifs is 1. The van der Waals surface area contributed by atoms with Gasteiger partial charge in [0, 0.05) is 30.4 Å². The van der Waals surface area contributed by atoms with Crippen LogP contribution in [0.15, 0.2) is 41.4 Å². The fraction of sp³-hybridized carbons (Fsp3) is 0.350. The Kier molecular flexibility index (Phi) is 4.54. The van der Waals surface area contributed by atoms with E-state index in [4.69, 9.17) is 9.72 Å². The Balaban J connectivity index is 1.85. The van der Waals surface area contributed by atoms with E-state index in [1.54, 1.807) is 3.97 Å². The number of rotatable bonds is 3. The molecule has 1 saturated heterocycles. The number of hydrogen-bond donors (Lipinski definition) is 0. The highest BCUT2D eigenvalue weighted by atomic mass is 32.2. The van der Waals surface area contributed by atoms with Crippen molar-refractivity contribution in [2.24, 2.45) is 0 Å². The summed E-state index contributed by atoms with van der Waals surface area (Å²) in [6, 6.07) is 9.95. The van der Waals surface area contributed by atoms with Gasteiger partial charge in [0.1, 0.15) is 0 Å². The predicted molar refractivity (Wildman–Crippen MR) is 105 cm³/mol. The highest BCUT2D eigenvalue weighted by Gasteiger charge is 2.21. The molecule has 1 fully saturated rings. The molecule has 1 aliphatic rings. The second-order valence-electron chi connectivity index (χ2n) is 6.78. The molecular formula is C20H23N3O2S. The monoisotopic (exact) mass is 369 g/mol. The summed E-state index contributed by atoms with van der Waals surface area (Å²) in [6.07, 6.45) is 1.96. The van der Waals surface area contributed by atoms with E-state index in [0.29, 0.717) is 0 Å². The fourth-order valence-electron chi connectivity index (χ4n) is 3.43. The van der Waals surface area contributed by atoms with Gasteiger partial charge in [-0.1, -0.05) is 17.7 Å². The summed E-state index contributed by atoms with van der Waals surface area (Å²) >= 11 is 0. The van der Waals surface area contributed by atoms with Gasteiger partial charge in [-0.3, -0.25) is 0 Å². The van der Waals surface area contributed by atoms with Gasteiger partial charge in [-0.15, -0.1) is 0 Å². The van der Waals surface area contributed by atoms with Gasteiger partial charge in [0.2, 0.25) is 0 Å². The average Bonchev–Trinajstić information content (AvgIpc) is 2.98. The molecule has 6 heteroatoms. The number of morpholine rings is 1. The van der Waals surface area contributed by atoms with Crippen LogP contribution in [-0.2, 0) is 15.7 Å². The Morgan fingerprint density at radius 3 is 2.46 bits per heavy atom. The summed E-state index contributed by atoms with van der Waals surface area (Å²) in [5.74, 6) is 0. The van der Waals surface area contributed by atoms with Crippen molar-refractivity contribution < 1.29 is 8.95 Å². The summed E-state index contributed by atoms with van der Waals surface area (Å²) < 4.78 is 20.5. The zero-order valence-electron chi connectivity index (χ0n) is 15.4. The maximum Gasteiger partial charge on any atom is 0.158 e. The van der Waals surface area contributed by atoms with Crippen molar-refractivity contribution in [1.82, 2.24) is 8.96 Å². The van der Waals surface area contributed by atoms with Crippen molar-refractivity contribution in [3.05, 3.63) is 53.3 Å². The van der Waals surface area contributed by atoms with Crippen molar-refractivity contribution >= 4 is 27.7 Å². The zero-order chi connectivity index (χ0) is 18.3. The molecule has 1 aliphatic heterocycles. The third kappa shape index (κ3) is 3.04. The zero-order valence-corrected chi connectivity index (χ0v) is 16.2. The van der Waals surface area contributed by atoms with Crippen LogP contribution in [-0.4, -0.2) is 39.5 Å². The van der Waals surface area contributed by atoms with Gasteiger partial charge in [-0.2, -0.15) is 0 Å². The van der Waals surface area contributed by atoms with Crippen LogP contribution >= 0.6 is 0 Å². The highest BCUT2D eigenvalue weighted by Crippen LogP contribution is 2.32. The Hall–Kier alpha value is -2.18. The topological polar surface area (TPSA) is 47.4 Å². The van der Waals surface area contributed by atoms with Gasteiger partial charge < -0.3 is 9.64 Å². The number of ether oxygens (including phenoxy) is 1. The molecule has 26 heavy (non-hydrogen) atoms. The van der Waals surface area contributed by atoms with E-state index in [1.807, 2.05) is 44.3 Å². The lowest BCUT2D eigenvalue weighted by atomic mass is 10.1. The first-order chi connectivity index (χ1) is 12.5. The lowest BCUT2D eigenvalue weighted by Crippen LogP contribution is -2.36. The first kappa shape index (κ1) is 17.2. The number of aromatic nitrogens is 2. The number of aryl methyl sites for hydroxylation is 3. The number of benzene rings is 1. The van der Waals surface area contributed by atoms with E-state index in [2.05, 4.69) is 17.9 Å². The molecule has 0 spiro atoms. The van der Waals surface area contributed by atoms with Crippen LogP contribution in [0.4, 0.5) is 5.69 Å². The maximum absolute atomic E-state index is 13.2. The number of nitrogens with zero attached hydrogens (tertiary/aromatic N) is 3. The summed E-state index contributed by atoms with van der Waals surface area (Å²) in [7, 11) is -1.32. The second-order valence-corrected chi connectivity index (χ2v) is 8.14. The molecule has 0 radical (unpaired) electrons. The van der Waals surface area contributed by atoms with E-state index >= 15 is 0 Å². The molecule has 5 nitrogen and oxygen atoms in total. The molecule has 0 amide bonds. The van der Waals surface area contributed by atoms with E-state index in [-0.39, 0.29) is 0 Å².